The molecule has 0 saturated carbocycles. The Morgan fingerprint density at radius 2 is 2.35 bits per heavy atom. The van der Waals surface area contributed by atoms with E-state index in [0.717, 1.165) is 30.1 Å². The van der Waals surface area contributed by atoms with Crippen molar-refractivity contribution in [1.29, 1.82) is 0 Å². The highest BCUT2D eigenvalue weighted by Gasteiger charge is 2.14. The minimum Gasteiger partial charge on any atom is -0.330 e. The van der Waals surface area contributed by atoms with E-state index in [1.807, 2.05) is 6.07 Å². The lowest BCUT2D eigenvalue weighted by molar-refractivity contribution is -0.113. The minimum absolute atomic E-state index is 0.0794. The van der Waals surface area contributed by atoms with E-state index in [1.165, 1.54) is 5.56 Å². The van der Waals surface area contributed by atoms with Gasteiger partial charge in [-0.25, -0.2) is 0 Å². The molecule has 1 amide bonds. The summed E-state index contributed by atoms with van der Waals surface area (Å²) in [5.41, 5.74) is 7.54. The molecule has 1 heterocycles. The predicted molar refractivity (Wildman–Crippen MR) is 71.2 cm³/mol. The lowest BCUT2D eigenvalue weighted by atomic mass is 10.2. The van der Waals surface area contributed by atoms with Gasteiger partial charge in [-0.15, -0.1) is 11.8 Å². The van der Waals surface area contributed by atoms with Crippen LogP contribution in [0.3, 0.4) is 0 Å². The molecule has 4 N–H and O–H groups in total. The Bertz CT molecular complexity index is 409. The minimum atomic E-state index is 0.0794. The average molecular weight is 251 g/mol. The van der Waals surface area contributed by atoms with Gasteiger partial charge in [0.15, 0.2) is 0 Å². The number of hydrogen-bond acceptors (Lipinski definition) is 4. The molecule has 0 unspecified atom stereocenters. The molecule has 0 radical (unpaired) electrons. The van der Waals surface area contributed by atoms with Gasteiger partial charge in [-0.3, -0.25) is 4.79 Å². The second kappa shape index (κ2) is 6.05. The zero-order valence-corrected chi connectivity index (χ0v) is 10.5. The summed E-state index contributed by atoms with van der Waals surface area (Å²) in [6.45, 7) is 2.45. The van der Waals surface area contributed by atoms with Crippen LogP contribution >= 0.6 is 11.8 Å². The molecule has 5 heteroatoms. The maximum atomic E-state index is 11.3. The molecule has 0 saturated heterocycles. The number of carbonyl (C=O) groups excluding carboxylic acids is 1. The molecule has 1 aliphatic heterocycles. The van der Waals surface area contributed by atoms with E-state index in [-0.39, 0.29) is 5.91 Å². The van der Waals surface area contributed by atoms with Crippen LogP contribution in [0.1, 0.15) is 12.0 Å². The molecule has 2 rings (SSSR count). The van der Waals surface area contributed by atoms with Crippen LogP contribution in [-0.2, 0) is 11.3 Å². The second-order valence-corrected chi connectivity index (χ2v) is 5.00. The highest BCUT2D eigenvalue weighted by Crippen LogP contribution is 2.31. The topological polar surface area (TPSA) is 67.2 Å². The molecule has 1 aromatic rings. The van der Waals surface area contributed by atoms with Crippen molar-refractivity contribution in [3.8, 4) is 0 Å². The lowest BCUT2D eigenvalue weighted by Crippen LogP contribution is -2.20. The number of nitrogens with two attached hydrogens (primary N) is 1. The molecule has 0 atom stereocenters. The summed E-state index contributed by atoms with van der Waals surface area (Å²) >= 11 is 1.59. The van der Waals surface area contributed by atoms with E-state index in [0.29, 0.717) is 12.3 Å². The van der Waals surface area contributed by atoms with Gasteiger partial charge in [-0.2, -0.15) is 0 Å². The highest BCUT2D eigenvalue weighted by atomic mass is 32.2. The van der Waals surface area contributed by atoms with Crippen molar-refractivity contribution in [1.82, 2.24) is 5.32 Å². The van der Waals surface area contributed by atoms with Gasteiger partial charge in [0, 0.05) is 11.4 Å². The molecule has 0 aromatic heterocycles. The first-order valence-electron chi connectivity index (χ1n) is 5.76. The van der Waals surface area contributed by atoms with Crippen LogP contribution in [0.25, 0.3) is 0 Å². The van der Waals surface area contributed by atoms with Gasteiger partial charge >= 0.3 is 0 Å². The van der Waals surface area contributed by atoms with Gasteiger partial charge in [0.25, 0.3) is 0 Å². The van der Waals surface area contributed by atoms with Crippen LogP contribution in [0.4, 0.5) is 5.69 Å². The van der Waals surface area contributed by atoms with Gasteiger partial charge in [0.2, 0.25) is 5.91 Å². The monoisotopic (exact) mass is 251 g/mol. The fourth-order valence-corrected chi connectivity index (χ4v) is 2.49. The molecule has 0 aliphatic carbocycles. The molecule has 17 heavy (non-hydrogen) atoms. The van der Waals surface area contributed by atoms with Crippen LogP contribution in [-0.4, -0.2) is 24.7 Å². The Morgan fingerprint density at radius 1 is 1.47 bits per heavy atom. The number of thioether (sulfide) groups is 1. The largest absolute Gasteiger partial charge is 0.330 e. The SMILES string of the molecule is NCCCNCc1ccc2c(c1)NC(=O)CS2. The van der Waals surface area contributed by atoms with E-state index in [1.54, 1.807) is 11.8 Å². The highest BCUT2D eigenvalue weighted by molar-refractivity contribution is 8.00. The zero-order chi connectivity index (χ0) is 12.1. The average Bonchev–Trinajstić information content (AvgIpc) is 2.34. The van der Waals surface area contributed by atoms with Crippen LogP contribution < -0.4 is 16.4 Å². The molecular formula is C12H17N3OS. The third kappa shape index (κ3) is 3.46. The van der Waals surface area contributed by atoms with Crippen LogP contribution in [0.5, 0.6) is 0 Å². The van der Waals surface area contributed by atoms with Gasteiger partial charge < -0.3 is 16.4 Å². The van der Waals surface area contributed by atoms with Crippen LogP contribution in [0, 0.1) is 0 Å². The fourth-order valence-electron chi connectivity index (χ4n) is 1.70. The second-order valence-electron chi connectivity index (χ2n) is 3.99. The third-order valence-electron chi connectivity index (χ3n) is 2.56. The van der Waals surface area contributed by atoms with Gasteiger partial charge in [0.1, 0.15) is 0 Å². The van der Waals surface area contributed by atoms with Crippen LogP contribution in [0.15, 0.2) is 23.1 Å². The molecule has 1 aromatic carbocycles. The number of carbonyl (C=O) groups is 1. The first kappa shape index (κ1) is 12.4. The smallest absolute Gasteiger partial charge is 0.234 e. The van der Waals surface area contributed by atoms with E-state index >= 15 is 0 Å². The Morgan fingerprint density at radius 3 is 3.18 bits per heavy atom. The Labute approximate surface area is 105 Å². The quantitative estimate of drug-likeness (QED) is 0.687. The number of amides is 1. The Kier molecular flexibility index (Phi) is 4.42. The maximum Gasteiger partial charge on any atom is 0.234 e. The normalized spacial score (nSPS) is 14.3. The fraction of sp³-hybridized carbons (Fsp3) is 0.417. The molecule has 1 aliphatic rings. The zero-order valence-electron chi connectivity index (χ0n) is 9.66. The Hall–Kier alpha value is -1.04. The summed E-state index contributed by atoms with van der Waals surface area (Å²) in [6.07, 6.45) is 0.984. The molecule has 4 nitrogen and oxygen atoms in total. The van der Waals surface area contributed by atoms with Gasteiger partial charge in [-0.1, -0.05) is 6.07 Å². The van der Waals surface area contributed by atoms with Crippen molar-refractivity contribution in [2.24, 2.45) is 5.73 Å². The van der Waals surface area contributed by atoms with Gasteiger partial charge in [-0.05, 0) is 37.2 Å². The summed E-state index contributed by atoms with van der Waals surface area (Å²) in [5, 5.41) is 6.22. The predicted octanol–water partition coefficient (Wildman–Crippen LogP) is 1.17. The summed E-state index contributed by atoms with van der Waals surface area (Å²) in [7, 11) is 0. The first-order valence-corrected chi connectivity index (χ1v) is 6.74. The maximum absolute atomic E-state index is 11.3. The Balaban J connectivity index is 1.95. The summed E-state index contributed by atoms with van der Waals surface area (Å²) in [5.74, 6) is 0.594. The van der Waals surface area contributed by atoms with Crippen molar-refractivity contribution < 1.29 is 4.79 Å². The molecular weight excluding hydrogens is 234 g/mol. The van der Waals surface area contributed by atoms with Crippen molar-refractivity contribution >= 4 is 23.4 Å². The molecule has 92 valence electrons. The van der Waals surface area contributed by atoms with E-state index < -0.39 is 0 Å². The molecule has 0 spiro atoms. The number of fused-ring (bicyclic) bond motifs is 1. The number of anilines is 1. The van der Waals surface area contributed by atoms with Crippen molar-refractivity contribution in [2.75, 3.05) is 24.2 Å². The number of benzene rings is 1. The third-order valence-corrected chi connectivity index (χ3v) is 3.64. The summed E-state index contributed by atoms with van der Waals surface area (Å²) < 4.78 is 0. The summed E-state index contributed by atoms with van der Waals surface area (Å²) in [4.78, 5) is 12.4. The standard InChI is InChI=1S/C12H17N3OS/c13-4-1-5-14-7-9-2-3-11-10(6-9)15-12(16)8-17-11/h2-3,6,14H,1,4-5,7-8,13H2,(H,15,16). The lowest BCUT2D eigenvalue weighted by Gasteiger charge is -2.17. The number of hydrogen-bond donors (Lipinski definition) is 3. The number of rotatable bonds is 5. The van der Waals surface area contributed by atoms with Crippen LogP contribution in [0.2, 0.25) is 0 Å². The van der Waals surface area contributed by atoms with Gasteiger partial charge in [0.05, 0.1) is 11.4 Å². The van der Waals surface area contributed by atoms with E-state index in [9.17, 15) is 4.79 Å². The molecule has 0 fully saturated rings. The molecule has 0 bridgehead atoms. The van der Waals surface area contributed by atoms with E-state index in [4.69, 9.17) is 5.73 Å². The van der Waals surface area contributed by atoms with Crippen molar-refractivity contribution in [2.45, 2.75) is 17.9 Å². The van der Waals surface area contributed by atoms with Crippen molar-refractivity contribution in [3.63, 3.8) is 0 Å². The van der Waals surface area contributed by atoms with Crippen molar-refractivity contribution in [3.05, 3.63) is 23.8 Å². The first-order chi connectivity index (χ1) is 8.29. The number of nitrogens with one attached hydrogen (secondary N) is 2. The summed E-state index contributed by atoms with van der Waals surface area (Å²) in [6, 6.07) is 6.20. The van der Waals surface area contributed by atoms with E-state index in [2.05, 4.69) is 22.8 Å².